The molecule has 158 valence electrons. The van der Waals surface area contributed by atoms with Crippen LogP contribution in [0, 0.1) is 0 Å². The molecule has 2 aliphatic rings. The molecule has 0 bridgehead atoms. The Balaban J connectivity index is 1.42. The van der Waals surface area contributed by atoms with Crippen molar-refractivity contribution in [1.29, 1.82) is 0 Å². The number of methoxy groups -OCH3 is 1. The smallest absolute Gasteiger partial charge is 0.319 e. The monoisotopic (exact) mass is 409 g/mol. The highest BCUT2D eigenvalue weighted by Gasteiger charge is 2.31. The molecule has 3 amide bonds. The van der Waals surface area contributed by atoms with Crippen LogP contribution in [0.15, 0.2) is 42.5 Å². The molecule has 0 spiro atoms. The highest BCUT2D eigenvalue weighted by atomic mass is 16.5. The molecular weight excluding hydrogens is 382 g/mol. The van der Waals surface area contributed by atoms with E-state index in [1.165, 1.54) is 0 Å². The van der Waals surface area contributed by atoms with Crippen molar-refractivity contribution in [2.24, 2.45) is 0 Å². The van der Waals surface area contributed by atoms with Crippen molar-refractivity contribution >= 4 is 17.6 Å². The summed E-state index contributed by atoms with van der Waals surface area (Å²) in [6.07, 6.45) is 4.07. The van der Waals surface area contributed by atoms with E-state index in [9.17, 15) is 9.59 Å². The Labute approximate surface area is 176 Å². The van der Waals surface area contributed by atoms with Crippen molar-refractivity contribution < 1.29 is 19.1 Å². The average molecular weight is 409 g/mol. The third kappa shape index (κ3) is 4.50. The molecule has 0 radical (unpaired) electrons. The van der Waals surface area contributed by atoms with Gasteiger partial charge in [-0.3, -0.25) is 4.79 Å². The van der Waals surface area contributed by atoms with Gasteiger partial charge in [0.05, 0.1) is 19.3 Å². The van der Waals surface area contributed by atoms with Gasteiger partial charge in [-0.1, -0.05) is 12.1 Å². The van der Waals surface area contributed by atoms with Gasteiger partial charge >= 0.3 is 6.03 Å². The van der Waals surface area contributed by atoms with Crippen molar-refractivity contribution in [3.63, 3.8) is 0 Å². The molecule has 2 aliphatic heterocycles. The summed E-state index contributed by atoms with van der Waals surface area (Å²) in [7, 11) is 1.62. The molecule has 2 N–H and O–H groups in total. The summed E-state index contributed by atoms with van der Waals surface area (Å²) in [5.41, 5.74) is 2.03. The van der Waals surface area contributed by atoms with Gasteiger partial charge in [-0.05, 0) is 55.2 Å². The zero-order chi connectivity index (χ0) is 20.9. The van der Waals surface area contributed by atoms with E-state index in [1.54, 1.807) is 25.3 Å². The van der Waals surface area contributed by atoms with Crippen LogP contribution < -0.4 is 20.1 Å². The van der Waals surface area contributed by atoms with Gasteiger partial charge in [0.25, 0.3) is 5.91 Å². The molecule has 7 nitrogen and oxygen atoms in total. The number of nitrogens with one attached hydrogen (secondary N) is 2. The van der Waals surface area contributed by atoms with Crippen molar-refractivity contribution in [3.8, 4) is 11.5 Å². The van der Waals surface area contributed by atoms with Crippen LogP contribution >= 0.6 is 0 Å². The van der Waals surface area contributed by atoms with E-state index in [4.69, 9.17) is 9.47 Å². The number of rotatable bonds is 4. The quantitative estimate of drug-likeness (QED) is 0.805. The molecule has 0 saturated carbocycles. The summed E-state index contributed by atoms with van der Waals surface area (Å²) < 4.78 is 11.0. The topological polar surface area (TPSA) is 79.9 Å². The first kappa shape index (κ1) is 20.1. The minimum Gasteiger partial charge on any atom is -0.497 e. The summed E-state index contributed by atoms with van der Waals surface area (Å²) in [5.74, 6) is 1.33. The van der Waals surface area contributed by atoms with E-state index >= 15 is 0 Å². The van der Waals surface area contributed by atoms with Gasteiger partial charge in [0.15, 0.2) is 0 Å². The van der Waals surface area contributed by atoms with E-state index in [2.05, 4.69) is 10.6 Å². The largest absolute Gasteiger partial charge is 0.497 e. The van der Waals surface area contributed by atoms with Crippen LogP contribution in [0.5, 0.6) is 11.5 Å². The number of nitrogens with zero attached hydrogens (tertiary/aromatic N) is 1. The van der Waals surface area contributed by atoms with Crippen LogP contribution in [0.2, 0.25) is 0 Å². The highest BCUT2D eigenvalue weighted by Crippen LogP contribution is 2.30. The molecule has 7 heteroatoms. The Hall–Kier alpha value is -3.22. The number of hydrogen-bond acceptors (Lipinski definition) is 4. The fourth-order valence-corrected chi connectivity index (χ4v) is 4.03. The first-order valence-electron chi connectivity index (χ1n) is 10.4. The number of carbonyl (C=O) groups is 2. The van der Waals surface area contributed by atoms with Crippen molar-refractivity contribution in [2.75, 3.05) is 25.6 Å². The predicted octanol–water partition coefficient (Wildman–Crippen LogP) is 3.79. The van der Waals surface area contributed by atoms with Gasteiger partial charge in [-0.25, -0.2) is 4.79 Å². The van der Waals surface area contributed by atoms with E-state index in [0.29, 0.717) is 30.2 Å². The number of hydrogen-bond donors (Lipinski definition) is 2. The zero-order valence-electron chi connectivity index (χ0n) is 17.1. The number of anilines is 1. The van der Waals surface area contributed by atoms with E-state index in [-0.39, 0.29) is 18.0 Å². The molecule has 30 heavy (non-hydrogen) atoms. The summed E-state index contributed by atoms with van der Waals surface area (Å²) in [5, 5.41) is 5.64. The zero-order valence-corrected chi connectivity index (χ0v) is 17.1. The third-order valence-electron chi connectivity index (χ3n) is 5.68. The van der Waals surface area contributed by atoms with Crippen LogP contribution in [0.4, 0.5) is 10.5 Å². The Morgan fingerprint density at radius 2 is 2.00 bits per heavy atom. The molecule has 1 saturated heterocycles. The summed E-state index contributed by atoms with van der Waals surface area (Å²) in [6.45, 7) is 1.76. The van der Waals surface area contributed by atoms with Gasteiger partial charge in [-0.15, -0.1) is 0 Å². The number of piperidine rings is 1. The van der Waals surface area contributed by atoms with E-state index < -0.39 is 0 Å². The molecule has 1 atom stereocenters. The van der Waals surface area contributed by atoms with Gasteiger partial charge in [-0.2, -0.15) is 0 Å². The van der Waals surface area contributed by atoms with Gasteiger partial charge in [0.2, 0.25) is 0 Å². The van der Waals surface area contributed by atoms with Crippen LogP contribution in [-0.4, -0.2) is 43.1 Å². The van der Waals surface area contributed by atoms with Crippen LogP contribution in [0.1, 0.15) is 41.6 Å². The maximum Gasteiger partial charge on any atom is 0.319 e. The fourth-order valence-electron chi connectivity index (χ4n) is 4.03. The number of fused-ring (bicyclic) bond motifs is 2. The second-order valence-corrected chi connectivity index (χ2v) is 7.65. The SMILES string of the molecule is COc1ccc(CNC(=O)Nc2ccc3c(c2)C(=O)N2CCCCC2CCO3)cc1. The molecular formula is C23H27N3O4. The summed E-state index contributed by atoms with van der Waals surface area (Å²) in [4.78, 5) is 27.4. The lowest BCUT2D eigenvalue weighted by molar-refractivity contribution is 0.0548. The number of benzene rings is 2. The van der Waals surface area contributed by atoms with Crippen molar-refractivity contribution in [3.05, 3.63) is 53.6 Å². The molecule has 1 unspecified atom stereocenters. The normalized spacial score (nSPS) is 18.2. The predicted molar refractivity (Wildman–Crippen MR) is 114 cm³/mol. The van der Waals surface area contributed by atoms with Gasteiger partial charge in [0, 0.05) is 31.2 Å². The van der Waals surface area contributed by atoms with E-state index in [1.807, 2.05) is 29.2 Å². The maximum absolute atomic E-state index is 13.1. The number of carbonyl (C=O) groups excluding carboxylic acids is 2. The van der Waals surface area contributed by atoms with Gasteiger partial charge < -0.3 is 25.0 Å². The number of urea groups is 1. The van der Waals surface area contributed by atoms with Crippen molar-refractivity contribution in [2.45, 2.75) is 38.3 Å². The lowest BCUT2D eigenvalue weighted by Crippen LogP contribution is -2.45. The molecule has 2 heterocycles. The molecule has 2 aromatic carbocycles. The Morgan fingerprint density at radius 3 is 2.80 bits per heavy atom. The lowest BCUT2D eigenvalue weighted by Gasteiger charge is -2.37. The highest BCUT2D eigenvalue weighted by molar-refractivity contribution is 5.99. The fraction of sp³-hybridized carbons (Fsp3) is 0.391. The molecule has 4 rings (SSSR count). The molecule has 1 fully saturated rings. The Morgan fingerprint density at radius 1 is 1.17 bits per heavy atom. The Kier molecular flexibility index (Phi) is 6.07. The third-order valence-corrected chi connectivity index (χ3v) is 5.68. The summed E-state index contributed by atoms with van der Waals surface area (Å²) in [6, 6.07) is 12.6. The number of amides is 3. The van der Waals surface area contributed by atoms with Gasteiger partial charge in [0.1, 0.15) is 11.5 Å². The lowest BCUT2D eigenvalue weighted by atomic mass is 9.97. The van der Waals surface area contributed by atoms with Crippen LogP contribution in [0.3, 0.4) is 0 Å². The summed E-state index contributed by atoms with van der Waals surface area (Å²) >= 11 is 0. The van der Waals surface area contributed by atoms with E-state index in [0.717, 1.165) is 43.5 Å². The van der Waals surface area contributed by atoms with Crippen LogP contribution in [-0.2, 0) is 6.54 Å². The molecule has 0 aromatic heterocycles. The molecule has 0 aliphatic carbocycles. The standard InChI is InChI=1S/C23H27N3O4/c1-29-19-8-5-16(6-9-19)15-24-23(28)25-17-7-10-21-20(14-17)22(27)26-12-3-2-4-18(26)11-13-30-21/h5-10,14,18H,2-4,11-13,15H2,1H3,(H2,24,25,28). The maximum atomic E-state index is 13.1. The number of ether oxygens (including phenoxy) is 2. The minimum absolute atomic E-state index is 0.0170. The van der Waals surface area contributed by atoms with Crippen LogP contribution in [0.25, 0.3) is 0 Å². The minimum atomic E-state index is -0.333. The van der Waals surface area contributed by atoms with Crippen molar-refractivity contribution in [1.82, 2.24) is 10.2 Å². The second kappa shape index (κ2) is 9.07. The second-order valence-electron chi connectivity index (χ2n) is 7.65. The Bertz CT molecular complexity index is 913. The average Bonchev–Trinajstić information content (AvgIpc) is 2.78. The first-order chi connectivity index (χ1) is 14.6. The molecule has 2 aromatic rings. The first-order valence-corrected chi connectivity index (χ1v) is 10.4.